The number of para-hydroxylation sites is 1. The van der Waals surface area contributed by atoms with Gasteiger partial charge in [-0.3, -0.25) is 14.2 Å². The van der Waals surface area contributed by atoms with Crippen LogP contribution in [0.25, 0.3) is 10.9 Å². The number of halogens is 2. The summed E-state index contributed by atoms with van der Waals surface area (Å²) in [6, 6.07) is 9.15. The van der Waals surface area contributed by atoms with Gasteiger partial charge in [0, 0.05) is 30.5 Å². The SMILES string of the molecule is Cc1cccc2c(=O)n(CCC(=O)Nc3ncc(Cc4ccc(F)c(F)c4)s3)cnc12. The molecule has 0 radical (unpaired) electrons. The summed E-state index contributed by atoms with van der Waals surface area (Å²) in [6.45, 7) is 2.08. The van der Waals surface area contributed by atoms with Crippen molar-refractivity contribution in [3.8, 4) is 0 Å². The Kier molecular flexibility index (Phi) is 5.85. The van der Waals surface area contributed by atoms with Gasteiger partial charge >= 0.3 is 0 Å². The molecular formula is C22H18F2N4O2S. The number of anilines is 1. The highest BCUT2D eigenvalue weighted by molar-refractivity contribution is 7.15. The fourth-order valence-electron chi connectivity index (χ4n) is 3.20. The van der Waals surface area contributed by atoms with Crippen LogP contribution < -0.4 is 10.9 Å². The molecule has 2 aromatic carbocycles. The van der Waals surface area contributed by atoms with Crippen LogP contribution >= 0.6 is 11.3 Å². The number of carbonyl (C=O) groups excluding carboxylic acids is 1. The average Bonchev–Trinajstić information content (AvgIpc) is 3.17. The van der Waals surface area contributed by atoms with E-state index in [4.69, 9.17) is 0 Å². The first kappa shape index (κ1) is 20.8. The third kappa shape index (κ3) is 4.66. The zero-order valence-corrected chi connectivity index (χ0v) is 17.4. The Bertz CT molecular complexity index is 1330. The highest BCUT2D eigenvalue weighted by atomic mass is 32.1. The Morgan fingerprint density at radius 3 is 2.81 bits per heavy atom. The van der Waals surface area contributed by atoms with E-state index in [2.05, 4.69) is 15.3 Å². The van der Waals surface area contributed by atoms with Crippen molar-refractivity contribution in [2.75, 3.05) is 5.32 Å². The van der Waals surface area contributed by atoms with Gasteiger partial charge in [0.1, 0.15) is 0 Å². The van der Waals surface area contributed by atoms with E-state index in [-0.39, 0.29) is 24.4 Å². The van der Waals surface area contributed by atoms with Crippen molar-refractivity contribution < 1.29 is 13.6 Å². The van der Waals surface area contributed by atoms with E-state index in [0.717, 1.165) is 22.6 Å². The van der Waals surface area contributed by atoms with Crippen LogP contribution in [0.1, 0.15) is 22.4 Å². The van der Waals surface area contributed by atoms with Gasteiger partial charge in [0.25, 0.3) is 5.56 Å². The minimum absolute atomic E-state index is 0.0804. The lowest BCUT2D eigenvalue weighted by atomic mass is 10.1. The standard InChI is InChI=1S/C22H18F2N4O2S/c1-13-3-2-4-16-20(13)26-12-28(21(16)30)8-7-19(29)27-22-25-11-15(31-22)9-14-5-6-17(23)18(24)10-14/h2-6,10-12H,7-9H2,1H3,(H,25,27,29). The largest absolute Gasteiger partial charge is 0.302 e. The van der Waals surface area contributed by atoms with Crippen molar-refractivity contribution in [1.29, 1.82) is 0 Å². The van der Waals surface area contributed by atoms with E-state index in [1.54, 1.807) is 18.3 Å². The van der Waals surface area contributed by atoms with Crippen LogP contribution in [-0.4, -0.2) is 20.4 Å². The monoisotopic (exact) mass is 440 g/mol. The number of hydrogen-bond acceptors (Lipinski definition) is 5. The number of nitrogens with zero attached hydrogens (tertiary/aromatic N) is 3. The summed E-state index contributed by atoms with van der Waals surface area (Å²) >= 11 is 1.25. The van der Waals surface area contributed by atoms with Crippen molar-refractivity contribution in [2.24, 2.45) is 0 Å². The summed E-state index contributed by atoms with van der Waals surface area (Å²) in [6.07, 6.45) is 3.50. The van der Waals surface area contributed by atoms with Gasteiger partial charge in [-0.25, -0.2) is 18.7 Å². The third-order valence-electron chi connectivity index (χ3n) is 4.80. The second-order valence-corrected chi connectivity index (χ2v) is 8.18. The molecule has 0 bridgehead atoms. The van der Waals surface area contributed by atoms with E-state index >= 15 is 0 Å². The predicted octanol–water partition coefficient (Wildman–Crippen LogP) is 4.06. The van der Waals surface area contributed by atoms with Crippen LogP contribution in [0.15, 0.2) is 53.7 Å². The van der Waals surface area contributed by atoms with E-state index in [0.29, 0.717) is 28.0 Å². The highest BCUT2D eigenvalue weighted by Crippen LogP contribution is 2.22. The van der Waals surface area contributed by atoms with Gasteiger partial charge in [0.2, 0.25) is 5.91 Å². The molecule has 6 nitrogen and oxygen atoms in total. The molecular weight excluding hydrogens is 422 g/mol. The number of carbonyl (C=O) groups is 1. The lowest BCUT2D eigenvalue weighted by molar-refractivity contribution is -0.116. The van der Waals surface area contributed by atoms with Gasteiger partial charge in [0.15, 0.2) is 16.8 Å². The summed E-state index contributed by atoms with van der Waals surface area (Å²) in [7, 11) is 0. The Labute approximate surface area is 180 Å². The summed E-state index contributed by atoms with van der Waals surface area (Å²) in [5.74, 6) is -2.08. The van der Waals surface area contributed by atoms with E-state index in [1.165, 1.54) is 28.3 Å². The Balaban J connectivity index is 1.37. The molecule has 0 saturated carbocycles. The predicted molar refractivity (Wildman–Crippen MR) is 115 cm³/mol. The number of hydrogen-bond donors (Lipinski definition) is 1. The fourth-order valence-corrected chi connectivity index (χ4v) is 4.06. The molecule has 1 amide bonds. The van der Waals surface area contributed by atoms with Crippen molar-refractivity contribution in [3.63, 3.8) is 0 Å². The minimum Gasteiger partial charge on any atom is -0.302 e. The number of rotatable bonds is 6. The van der Waals surface area contributed by atoms with Crippen LogP contribution in [-0.2, 0) is 17.8 Å². The van der Waals surface area contributed by atoms with E-state index in [9.17, 15) is 18.4 Å². The van der Waals surface area contributed by atoms with Crippen LogP contribution in [0.5, 0.6) is 0 Å². The van der Waals surface area contributed by atoms with E-state index < -0.39 is 11.6 Å². The molecule has 0 atom stereocenters. The van der Waals surface area contributed by atoms with Crippen molar-refractivity contribution in [2.45, 2.75) is 26.3 Å². The Hall–Kier alpha value is -3.46. The number of aryl methyl sites for hydroxylation is 2. The summed E-state index contributed by atoms with van der Waals surface area (Å²) in [5, 5.41) is 3.63. The molecule has 31 heavy (non-hydrogen) atoms. The molecule has 0 aliphatic carbocycles. The molecule has 2 aromatic heterocycles. The molecule has 0 unspecified atom stereocenters. The molecule has 0 aliphatic rings. The Morgan fingerprint density at radius 2 is 2.00 bits per heavy atom. The quantitative estimate of drug-likeness (QED) is 0.491. The summed E-state index contributed by atoms with van der Waals surface area (Å²) in [5.41, 5.74) is 2.00. The van der Waals surface area contributed by atoms with Crippen molar-refractivity contribution in [1.82, 2.24) is 14.5 Å². The fraction of sp³-hybridized carbons (Fsp3) is 0.182. The van der Waals surface area contributed by atoms with Crippen LogP contribution in [0.3, 0.4) is 0 Å². The number of aromatic nitrogens is 3. The first-order valence-electron chi connectivity index (χ1n) is 9.54. The zero-order chi connectivity index (χ0) is 22.0. The van der Waals surface area contributed by atoms with Gasteiger partial charge in [0.05, 0.1) is 17.2 Å². The first-order chi connectivity index (χ1) is 14.9. The van der Waals surface area contributed by atoms with E-state index in [1.807, 2.05) is 13.0 Å². The zero-order valence-electron chi connectivity index (χ0n) is 16.6. The first-order valence-corrected chi connectivity index (χ1v) is 10.4. The third-order valence-corrected chi connectivity index (χ3v) is 5.71. The molecule has 0 aliphatic heterocycles. The van der Waals surface area contributed by atoms with Crippen LogP contribution in [0.2, 0.25) is 0 Å². The maximum atomic E-state index is 13.3. The second kappa shape index (κ2) is 8.73. The lowest BCUT2D eigenvalue weighted by Gasteiger charge is -2.07. The lowest BCUT2D eigenvalue weighted by Crippen LogP contribution is -2.23. The molecule has 0 spiro atoms. The van der Waals surface area contributed by atoms with Crippen molar-refractivity contribution in [3.05, 3.63) is 86.9 Å². The molecule has 9 heteroatoms. The van der Waals surface area contributed by atoms with Gasteiger partial charge in [-0.1, -0.05) is 18.2 Å². The van der Waals surface area contributed by atoms with Crippen LogP contribution in [0.4, 0.5) is 13.9 Å². The summed E-state index contributed by atoms with van der Waals surface area (Å²) < 4.78 is 27.8. The van der Waals surface area contributed by atoms with Gasteiger partial charge < -0.3 is 5.32 Å². The average molecular weight is 440 g/mol. The molecule has 158 valence electrons. The van der Waals surface area contributed by atoms with Crippen LogP contribution in [0, 0.1) is 18.6 Å². The topological polar surface area (TPSA) is 76.9 Å². The smallest absolute Gasteiger partial charge is 0.261 e. The maximum Gasteiger partial charge on any atom is 0.261 e. The van der Waals surface area contributed by atoms with Crippen molar-refractivity contribution >= 4 is 33.3 Å². The molecule has 2 heterocycles. The van der Waals surface area contributed by atoms with Gasteiger partial charge in [-0.15, -0.1) is 11.3 Å². The molecule has 4 rings (SSSR count). The second-order valence-electron chi connectivity index (χ2n) is 7.07. The molecule has 0 saturated heterocycles. The number of nitrogens with one attached hydrogen (secondary N) is 1. The number of benzene rings is 2. The number of fused-ring (bicyclic) bond motifs is 1. The Morgan fingerprint density at radius 1 is 1.16 bits per heavy atom. The molecule has 4 aromatic rings. The van der Waals surface area contributed by atoms with Gasteiger partial charge in [-0.2, -0.15) is 0 Å². The van der Waals surface area contributed by atoms with Gasteiger partial charge in [-0.05, 0) is 36.2 Å². The molecule has 0 fully saturated rings. The summed E-state index contributed by atoms with van der Waals surface area (Å²) in [4.78, 5) is 34.2. The minimum atomic E-state index is -0.899. The normalized spacial score (nSPS) is 11.1. The number of thiazole rings is 1. The molecule has 1 N–H and O–H groups in total. The number of amides is 1. The highest BCUT2D eigenvalue weighted by Gasteiger charge is 2.11. The maximum absolute atomic E-state index is 13.3.